The minimum Gasteiger partial charge on any atom is -0.435 e. The van der Waals surface area contributed by atoms with Gasteiger partial charge in [0, 0.05) is 50.0 Å². The Morgan fingerprint density at radius 3 is 2.56 bits per heavy atom. The van der Waals surface area contributed by atoms with Crippen LogP contribution in [0.25, 0.3) is 0 Å². The molecule has 0 spiro atoms. The molecule has 0 unspecified atom stereocenters. The second kappa shape index (κ2) is 4.15. The largest absolute Gasteiger partial charge is 0.435 e. The maximum Gasteiger partial charge on any atom is 0.0246 e. The summed E-state index contributed by atoms with van der Waals surface area (Å²) in [5.41, 5.74) is 5.19. The summed E-state index contributed by atoms with van der Waals surface area (Å²) in [5.74, 6) is 0.338. The van der Waals surface area contributed by atoms with E-state index in [1.165, 1.54) is 6.07 Å². The van der Waals surface area contributed by atoms with Crippen molar-refractivity contribution in [3.8, 4) is 0 Å². The average molecular weight is 217 g/mol. The van der Waals surface area contributed by atoms with Crippen LogP contribution in [0.4, 0.5) is 5.82 Å². The molecule has 1 rings (SSSR count). The van der Waals surface area contributed by atoms with E-state index in [0.717, 1.165) is 0 Å². The van der Waals surface area contributed by atoms with Crippen molar-refractivity contribution in [1.82, 2.24) is 9.97 Å². The number of nitrogen functional groups attached to an aromatic ring is 1. The number of nitrogens with two attached hydrogens (primary N) is 1. The Labute approximate surface area is 82.9 Å². The molecule has 0 bridgehead atoms. The number of halogens is 1. The van der Waals surface area contributed by atoms with Crippen LogP contribution in [0.2, 0.25) is 5.15 Å². The maximum absolute atomic E-state index is 5.38. The van der Waals surface area contributed by atoms with E-state index in [9.17, 15) is 0 Å². The first kappa shape index (κ1) is 9.27. The van der Waals surface area contributed by atoms with Crippen LogP contribution in [0.5, 0.6) is 0 Å². The molecule has 0 aliphatic heterocycles. The Hall–Kier alpha value is 0.274. The molecule has 0 aliphatic carbocycles. The first-order valence-electron chi connectivity index (χ1n) is 1.95. The minimum atomic E-state index is 0. The fourth-order valence-electron chi connectivity index (χ4n) is 0.317. The van der Waals surface area contributed by atoms with Gasteiger partial charge in [0.25, 0.3) is 0 Å². The Balaban J connectivity index is 0.000000640. The molecule has 0 aliphatic rings. The third kappa shape index (κ3) is 3.09. The molecule has 5 heteroatoms. The summed E-state index contributed by atoms with van der Waals surface area (Å²) in [5, 5.41) is 0.317. The zero-order valence-electron chi connectivity index (χ0n) is 4.50. The number of hydrogen-bond donors (Lipinski definition) is 1. The van der Waals surface area contributed by atoms with Gasteiger partial charge in [-0.25, -0.2) is 0 Å². The maximum atomic E-state index is 5.38. The molecule has 0 atom stereocenters. The van der Waals surface area contributed by atoms with Crippen molar-refractivity contribution in [3.05, 3.63) is 17.5 Å². The second-order valence-corrected chi connectivity index (χ2v) is 1.60. The number of hydrogen-bond acceptors (Lipinski definition) is 3. The molecular formula is C4H3ClN3Y-. The summed E-state index contributed by atoms with van der Waals surface area (Å²) in [6.07, 6.45) is 2.27. The molecule has 1 heterocycles. The van der Waals surface area contributed by atoms with Crippen molar-refractivity contribution in [1.29, 1.82) is 0 Å². The van der Waals surface area contributed by atoms with Gasteiger partial charge in [-0.05, 0) is 0 Å². The first-order chi connectivity index (χ1) is 3.79. The average Bonchev–Trinajstić information content (AvgIpc) is 1.64. The predicted octanol–water partition coefficient (Wildman–Crippen LogP) is 0.510. The summed E-state index contributed by atoms with van der Waals surface area (Å²) in [7, 11) is 0. The topological polar surface area (TPSA) is 51.8 Å². The summed E-state index contributed by atoms with van der Waals surface area (Å²) >= 11 is 5.38. The molecule has 0 saturated heterocycles. The summed E-state index contributed by atoms with van der Waals surface area (Å²) < 4.78 is 0. The van der Waals surface area contributed by atoms with Crippen LogP contribution in [0.1, 0.15) is 0 Å². The summed E-state index contributed by atoms with van der Waals surface area (Å²) in [4.78, 5) is 6.99. The summed E-state index contributed by atoms with van der Waals surface area (Å²) in [6, 6.07) is 1.46. The monoisotopic (exact) mass is 217 g/mol. The van der Waals surface area contributed by atoms with E-state index >= 15 is 0 Å². The van der Waals surface area contributed by atoms with Gasteiger partial charge in [-0.2, -0.15) is 0 Å². The van der Waals surface area contributed by atoms with Crippen molar-refractivity contribution in [2.24, 2.45) is 0 Å². The molecule has 1 radical (unpaired) electrons. The SMILES string of the molecule is Nc1cc(Cl)n[c-]n1.[Y]. The van der Waals surface area contributed by atoms with Crippen LogP contribution in [-0.4, -0.2) is 9.97 Å². The van der Waals surface area contributed by atoms with E-state index in [-0.39, 0.29) is 32.7 Å². The molecule has 1 aromatic heterocycles. The van der Waals surface area contributed by atoms with E-state index in [1.807, 2.05) is 0 Å². The minimum absolute atomic E-state index is 0. The Bertz CT molecular complexity index is 176. The van der Waals surface area contributed by atoms with E-state index in [0.29, 0.717) is 11.0 Å². The molecule has 2 N–H and O–H groups in total. The predicted molar refractivity (Wildman–Crippen MR) is 30.3 cm³/mol. The number of anilines is 1. The molecule has 1 aromatic rings. The smallest absolute Gasteiger partial charge is 0.0246 e. The summed E-state index contributed by atoms with van der Waals surface area (Å²) in [6.45, 7) is 0. The van der Waals surface area contributed by atoms with Crippen molar-refractivity contribution in [2.45, 2.75) is 0 Å². The zero-order valence-corrected chi connectivity index (χ0v) is 8.10. The van der Waals surface area contributed by atoms with Crippen LogP contribution in [0.15, 0.2) is 6.07 Å². The molecule has 0 amide bonds. The van der Waals surface area contributed by atoms with Gasteiger partial charge < -0.3 is 15.7 Å². The Kier molecular flexibility index (Phi) is 4.27. The molecule has 45 valence electrons. The Morgan fingerprint density at radius 1 is 1.56 bits per heavy atom. The zero-order chi connectivity index (χ0) is 5.98. The standard InChI is InChI=1S/C4H3ClN3.Y/c5-3-1-4(6)8-2-7-3;/h1H,(H2,6,7,8);/q-1;. The van der Waals surface area contributed by atoms with Crippen LogP contribution in [-0.2, 0) is 32.7 Å². The van der Waals surface area contributed by atoms with Gasteiger partial charge in [-0.1, -0.05) is 6.07 Å². The molecule has 0 fully saturated rings. The fourth-order valence-corrected chi connectivity index (χ4v) is 0.467. The number of nitrogens with zero attached hydrogens (tertiary/aromatic N) is 2. The third-order valence-electron chi connectivity index (χ3n) is 0.603. The second-order valence-electron chi connectivity index (χ2n) is 1.22. The molecule has 0 aromatic carbocycles. The Morgan fingerprint density at radius 2 is 2.22 bits per heavy atom. The van der Waals surface area contributed by atoms with Crippen molar-refractivity contribution in [3.63, 3.8) is 0 Å². The van der Waals surface area contributed by atoms with Gasteiger partial charge in [0.05, 0.1) is 0 Å². The van der Waals surface area contributed by atoms with Crippen molar-refractivity contribution in [2.75, 3.05) is 5.73 Å². The van der Waals surface area contributed by atoms with Gasteiger partial charge in [0.1, 0.15) is 0 Å². The van der Waals surface area contributed by atoms with Gasteiger partial charge >= 0.3 is 0 Å². The van der Waals surface area contributed by atoms with Crippen LogP contribution in [0, 0.1) is 6.33 Å². The molecule has 0 saturated carbocycles. The van der Waals surface area contributed by atoms with E-state index in [1.54, 1.807) is 0 Å². The van der Waals surface area contributed by atoms with Gasteiger partial charge in [0.15, 0.2) is 0 Å². The van der Waals surface area contributed by atoms with Gasteiger partial charge in [-0.3, -0.25) is 0 Å². The third-order valence-corrected chi connectivity index (χ3v) is 0.797. The normalized spacial score (nSPS) is 8.11. The number of rotatable bonds is 0. The quantitative estimate of drug-likeness (QED) is 0.509. The van der Waals surface area contributed by atoms with Crippen LogP contribution in [0.3, 0.4) is 0 Å². The first-order valence-corrected chi connectivity index (χ1v) is 2.33. The van der Waals surface area contributed by atoms with Gasteiger partial charge in [0.2, 0.25) is 0 Å². The number of aromatic nitrogens is 2. The van der Waals surface area contributed by atoms with Gasteiger partial charge in [-0.15, -0.1) is 11.6 Å². The molecular weight excluding hydrogens is 214 g/mol. The van der Waals surface area contributed by atoms with E-state index < -0.39 is 0 Å². The molecule has 9 heavy (non-hydrogen) atoms. The fraction of sp³-hybridized carbons (Fsp3) is 0. The van der Waals surface area contributed by atoms with Crippen LogP contribution >= 0.6 is 11.6 Å². The van der Waals surface area contributed by atoms with Crippen molar-refractivity contribution < 1.29 is 32.7 Å². The van der Waals surface area contributed by atoms with Crippen LogP contribution < -0.4 is 5.73 Å². The van der Waals surface area contributed by atoms with E-state index in [4.69, 9.17) is 17.3 Å². The molecule has 3 nitrogen and oxygen atoms in total. The van der Waals surface area contributed by atoms with Crippen molar-refractivity contribution >= 4 is 17.4 Å². The van der Waals surface area contributed by atoms with E-state index in [2.05, 4.69) is 16.3 Å².